The molecule has 1 heterocycles. The number of rotatable bonds is 7. The van der Waals surface area contributed by atoms with E-state index in [1.165, 1.54) is 0 Å². The van der Waals surface area contributed by atoms with Crippen molar-refractivity contribution in [1.29, 1.82) is 0 Å². The molecule has 2 atom stereocenters. The molecule has 1 saturated heterocycles. The summed E-state index contributed by atoms with van der Waals surface area (Å²) in [5, 5.41) is 17.1. The minimum Gasteiger partial charge on any atom is -0.480 e. The monoisotopic (exact) mass is 342 g/mol. The van der Waals surface area contributed by atoms with Crippen molar-refractivity contribution in [2.45, 2.75) is 31.4 Å². The lowest BCUT2D eigenvalue weighted by Crippen LogP contribution is -2.43. The molecule has 2 unspecified atom stereocenters. The van der Waals surface area contributed by atoms with Crippen molar-refractivity contribution < 1.29 is 19.4 Å². The molecule has 3 N–H and O–H groups in total. The number of nitrogens with one attached hydrogen (secondary N) is 2. The first-order valence-electron chi connectivity index (χ1n) is 8.49. The number of aliphatic carboxylic acids is 1. The number of amides is 1. The summed E-state index contributed by atoms with van der Waals surface area (Å²) in [6, 6.07) is 12.4. The second-order valence-corrected chi connectivity index (χ2v) is 6.21. The number of hydrogen-bond acceptors (Lipinski definition) is 4. The molecule has 0 spiro atoms. The van der Waals surface area contributed by atoms with Gasteiger partial charge in [-0.05, 0) is 24.3 Å². The Balaban J connectivity index is 1.61. The van der Waals surface area contributed by atoms with Gasteiger partial charge in [0.05, 0.1) is 12.5 Å². The largest absolute Gasteiger partial charge is 0.480 e. The lowest BCUT2D eigenvalue weighted by Gasteiger charge is -2.17. The van der Waals surface area contributed by atoms with Crippen molar-refractivity contribution in [3.8, 4) is 0 Å². The van der Waals surface area contributed by atoms with Crippen molar-refractivity contribution in [1.82, 2.24) is 5.32 Å². The molecule has 1 aliphatic heterocycles. The number of carboxylic acid groups (broad SMARTS) is 1. The van der Waals surface area contributed by atoms with E-state index in [1.807, 2.05) is 42.5 Å². The topological polar surface area (TPSA) is 87.7 Å². The third-order valence-electron chi connectivity index (χ3n) is 4.37. The Labute approximate surface area is 146 Å². The molecule has 0 saturated carbocycles. The van der Waals surface area contributed by atoms with E-state index in [1.54, 1.807) is 0 Å². The molecule has 1 aliphatic rings. The Hall–Kier alpha value is -2.44. The van der Waals surface area contributed by atoms with Gasteiger partial charge in [-0.2, -0.15) is 0 Å². The molecule has 25 heavy (non-hydrogen) atoms. The normalized spacial score (nSPS) is 18.2. The van der Waals surface area contributed by atoms with Gasteiger partial charge in [-0.1, -0.05) is 36.4 Å². The van der Waals surface area contributed by atoms with E-state index < -0.39 is 12.0 Å². The van der Waals surface area contributed by atoms with Crippen LogP contribution in [0.4, 0.5) is 5.69 Å². The summed E-state index contributed by atoms with van der Waals surface area (Å²) in [6.07, 6.45) is 1.81. The molecule has 6 heteroatoms. The van der Waals surface area contributed by atoms with Crippen LogP contribution in [0.2, 0.25) is 0 Å². The lowest BCUT2D eigenvalue weighted by atomic mass is 10.1. The van der Waals surface area contributed by atoms with Crippen LogP contribution in [0.1, 0.15) is 19.3 Å². The predicted molar refractivity (Wildman–Crippen MR) is 95.6 cm³/mol. The summed E-state index contributed by atoms with van der Waals surface area (Å²) in [6.45, 7) is 1.16. The number of ether oxygens (including phenoxy) is 1. The highest BCUT2D eigenvalue weighted by atomic mass is 16.5. The fourth-order valence-corrected chi connectivity index (χ4v) is 3.05. The summed E-state index contributed by atoms with van der Waals surface area (Å²) >= 11 is 0. The fraction of sp³-hybridized carbons (Fsp3) is 0.368. The first-order chi connectivity index (χ1) is 12.1. The standard InChI is InChI=1S/C19H22N2O4/c22-18(11-17(19(23)24)20-12-14-7-4-10-25-14)21-16-9-3-6-13-5-1-2-8-15(13)16/h1-3,5-6,8-9,14,17,20H,4,7,10-12H2,(H,21,22)(H,23,24). The second-order valence-electron chi connectivity index (χ2n) is 6.21. The fourth-order valence-electron chi connectivity index (χ4n) is 3.05. The van der Waals surface area contributed by atoms with Crippen LogP contribution in [0.5, 0.6) is 0 Å². The van der Waals surface area contributed by atoms with Gasteiger partial charge in [0.2, 0.25) is 5.91 Å². The molecular formula is C19H22N2O4. The van der Waals surface area contributed by atoms with Gasteiger partial charge in [0, 0.05) is 24.2 Å². The zero-order valence-corrected chi connectivity index (χ0v) is 13.9. The number of fused-ring (bicyclic) bond motifs is 1. The maximum atomic E-state index is 12.3. The van der Waals surface area contributed by atoms with Gasteiger partial charge in [0.15, 0.2) is 0 Å². The Bertz CT molecular complexity index is 751. The van der Waals surface area contributed by atoms with Crippen LogP contribution in [0, 0.1) is 0 Å². The van der Waals surface area contributed by atoms with Gasteiger partial charge in [-0.3, -0.25) is 9.59 Å². The van der Waals surface area contributed by atoms with Crippen LogP contribution in [0.25, 0.3) is 10.8 Å². The highest BCUT2D eigenvalue weighted by Crippen LogP contribution is 2.23. The van der Waals surface area contributed by atoms with E-state index in [4.69, 9.17) is 4.74 Å². The minimum atomic E-state index is -1.04. The Morgan fingerprint density at radius 2 is 2.00 bits per heavy atom. The van der Waals surface area contributed by atoms with Crippen LogP contribution in [0.3, 0.4) is 0 Å². The molecule has 6 nitrogen and oxygen atoms in total. The number of carboxylic acids is 1. The maximum Gasteiger partial charge on any atom is 0.321 e. The van der Waals surface area contributed by atoms with Crippen LogP contribution < -0.4 is 10.6 Å². The Morgan fingerprint density at radius 3 is 2.76 bits per heavy atom. The molecular weight excluding hydrogens is 320 g/mol. The highest BCUT2D eigenvalue weighted by molar-refractivity contribution is 6.03. The lowest BCUT2D eigenvalue weighted by molar-refractivity contribution is -0.141. The van der Waals surface area contributed by atoms with Crippen molar-refractivity contribution in [3.05, 3.63) is 42.5 Å². The van der Waals surface area contributed by atoms with Gasteiger partial charge in [0.1, 0.15) is 6.04 Å². The predicted octanol–water partition coefficient (Wildman–Crippen LogP) is 2.39. The van der Waals surface area contributed by atoms with E-state index in [9.17, 15) is 14.7 Å². The number of carbonyl (C=O) groups is 2. The molecule has 0 bridgehead atoms. The van der Waals surface area contributed by atoms with E-state index in [0.29, 0.717) is 18.8 Å². The van der Waals surface area contributed by atoms with Gasteiger partial charge < -0.3 is 20.5 Å². The Morgan fingerprint density at radius 1 is 1.20 bits per heavy atom. The zero-order valence-electron chi connectivity index (χ0n) is 13.9. The van der Waals surface area contributed by atoms with Gasteiger partial charge in [-0.15, -0.1) is 0 Å². The smallest absolute Gasteiger partial charge is 0.321 e. The second kappa shape index (κ2) is 8.09. The summed E-state index contributed by atoms with van der Waals surface area (Å²) in [5.41, 5.74) is 0.686. The summed E-state index contributed by atoms with van der Waals surface area (Å²) in [4.78, 5) is 23.7. The van der Waals surface area contributed by atoms with Crippen LogP contribution >= 0.6 is 0 Å². The van der Waals surface area contributed by atoms with Crippen LogP contribution in [-0.4, -0.2) is 42.3 Å². The van der Waals surface area contributed by atoms with E-state index in [-0.39, 0.29) is 18.4 Å². The summed E-state index contributed by atoms with van der Waals surface area (Å²) < 4.78 is 5.48. The van der Waals surface area contributed by atoms with Crippen LogP contribution in [-0.2, 0) is 14.3 Å². The molecule has 3 rings (SSSR count). The maximum absolute atomic E-state index is 12.3. The van der Waals surface area contributed by atoms with Crippen molar-refractivity contribution in [2.75, 3.05) is 18.5 Å². The minimum absolute atomic E-state index is 0.0305. The highest BCUT2D eigenvalue weighted by Gasteiger charge is 2.24. The van der Waals surface area contributed by atoms with Crippen molar-refractivity contribution in [2.24, 2.45) is 0 Å². The average molecular weight is 342 g/mol. The molecule has 0 radical (unpaired) electrons. The number of benzene rings is 2. The van der Waals surface area contributed by atoms with Gasteiger partial charge >= 0.3 is 5.97 Å². The average Bonchev–Trinajstić information content (AvgIpc) is 3.12. The van der Waals surface area contributed by atoms with E-state index in [2.05, 4.69) is 10.6 Å². The third kappa shape index (κ3) is 4.55. The number of anilines is 1. The third-order valence-corrected chi connectivity index (χ3v) is 4.37. The van der Waals surface area contributed by atoms with Crippen molar-refractivity contribution >= 4 is 28.3 Å². The van der Waals surface area contributed by atoms with E-state index in [0.717, 1.165) is 23.6 Å². The zero-order chi connectivity index (χ0) is 17.6. The first kappa shape index (κ1) is 17.4. The summed E-state index contributed by atoms with van der Waals surface area (Å²) in [7, 11) is 0. The quantitative estimate of drug-likeness (QED) is 0.719. The molecule has 2 aromatic rings. The van der Waals surface area contributed by atoms with Gasteiger partial charge in [-0.25, -0.2) is 0 Å². The Kier molecular flexibility index (Phi) is 5.63. The number of carbonyl (C=O) groups excluding carboxylic acids is 1. The number of hydrogen-bond donors (Lipinski definition) is 3. The SMILES string of the molecule is O=C(CC(NCC1CCCO1)C(=O)O)Nc1cccc2ccccc12. The molecule has 2 aromatic carbocycles. The van der Waals surface area contributed by atoms with Crippen molar-refractivity contribution in [3.63, 3.8) is 0 Å². The van der Waals surface area contributed by atoms with E-state index >= 15 is 0 Å². The summed E-state index contributed by atoms with van der Waals surface area (Å²) in [5.74, 6) is -1.37. The molecule has 1 fully saturated rings. The molecule has 0 aromatic heterocycles. The van der Waals surface area contributed by atoms with Crippen LogP contribution in [0.15, 0.2) is 42.5 Å². The molecule has 1 amide bonds. The first-order valence-corrected chi connectivity index (χ1v) is 8.49. The molecule has 132 valence electrons. The molecule has 0 aliphatic carbocycles. The van der Waals surface area contributed by atoms with Gasteiger partial charge in [0.25, 0.3) is 0 Å².